The van der Waals surface area contributed by atoms with Gasteiger partial charge in [0.2, 0.25) is 0 Å². The highest BCUT2D eigenvalue weighted by Crippen LogP contribution is 2.29. The lowest BCUT2D eigenvalue weighted by Crippen LogP contribution is -2.35. The van der Waals surface area contributed by atoms with Gasteiger partial charge < -0.3 is 10.1 Å². The molecule has 20 heavy (non-hydrogen) atoms. The first-order chi connectivity index (χ1) is 9.56. The lowest BCUT2D eigenvalue weighted by Gasteiger charge is -2.32. The van der Waals surface area contributed by atoms with Crippen LogP contribution >= 0.6 is 0 Å². The molecule has 1 aromatic carbocycles. The molecule has 3 atom stereocenters. The highest BCUT2D eigenvalue weighted by molar-refractivity contribution is 5.33. The molecule has 0 bridgehead atoms. The Balaban J connectivity index is 1.90. The largest absolute Gasteiger partial charge is 0.491 e. The summed E-state index contributed by atoms with van der Waals surface area (Å²) in [6.07, 6.45) is 4.18. The Morgan fingerprint density at radius 3 is 2.60 bits per heavy atom. The van der Waals surface area contributed by atoms with Gasteiger partial charge >= 0.3 is 0 Å². The van der Waals surface area contributed by atoms with Gasteiger partial charge in [-0.05, 0) is 51.0 Å². The second-order valence-corrected chi connectivity index (χ2v) is 6.62. The normalized spacial score (nSPS) is 26.8. The van der Waals surface area contributed by atoms with E-state index < -0.39 is 0 Å². The van der Waals surface area contributed by atoms with Gasteiger partial charge in [0.25, 0.3) is 0 Å². The molecule has 1 aliphatic carbocycles. The summed E-state index contributed by atoms with van der Waals surface area (Å²) >= 11 is 0. The second kappa shape index (κ2) is 7.12. The van der Waals surface area contributed by atoms with Crippen molar-refractivity contribution >= 4 is 0 Å². The first-order valence-electron chi connectivity index (χ1n) is 8.04. The van der Waals surface area contributed by atoms with E-state index in [1.165, 1.54) is 24.8 Å². The van der Waals surface area contributed by atoms with Crippen molar-refractivity contribution < 1.29 is 4.74 Å². The van der Waals surface area contributed by atoms with Crippen molar-refractivity contribution in [1.82, 2.24) is 5.32 Å². The van der Waals surface area contributed by atoms with Crippen molar-refractivity contribution in [3.8, 4) is 5.75 Å². The van der Waals surface area contributed by atoms with E-state index in [0.29, 0.717) is 6.04 Å². The Labute approximate surface area is 123 Å². The molecule has 0 aromatic heterocycles. The summed E-state index contributed by atoms with van der Waals surface area (Å²) < 4.78 is 5.88. The maximum absolute atomic E-state index is 5.88. The highest BCUT2D eigenvalue weighted by Gasteiger charge is 2.24. The molecule has 1 N–H and O–H groups in total. The Hall–Kier alpha value is -1.02. The van der Waals surface area contributed by atoms with Crippen LogP contribution in [0.1, 0.15) is 52.5 Å². The summed E-state index contributed by atoms with van der Waals surface area (Å²) in [6, 6.07) is 9.04. The zero-order valence-electron chi connectivity index (χ0n) is 13.4. The minimum Gasteiger partial charge on any atom is -0.491 e. The number of hydrogen-bond donors (Lipinski definition) is 1. The monoisotopic (exact) mass is 275 g/mol. The minimum absolute atomic E-state index is 0.228. The standard InChI is InChI=1S/C18H29NO/c1-13(2)20-18-8-6-5-7-16(18)12-19-17-10-9-14(3)15(4)11-17/h5-8,13-15,17,19H,9-12H2,1-4H3. The maximum atomic E-state index is 5.88. The van der Waals surface area contributed by atoms with Gasteiger partial charge in [0.1, 0.15) is 5.75 Å². The first kappa shape index (κ1) is 15.4. The third-order valence-electron chi connectivity index (χ3n) is 4.51. The summed E-state index contributed by atoms with van der Waals surface area (Å²) in [5, 5.41) is 3.72. The SMILES string of the molecule is CC(C)Oc1ccccc1CNC1CCC(C)C(C)C1. The molecule has 0 saturated heterocycles. The van der Waals surface area contributed by atoms with Crippen molar-refractivity contribution in [1.29, 1.82) is 0 Å². The quantitative estimate of drug-likeness (QED) is 0.860. The molecule has 1 aromatic rings. The molecular weight excluding hydrogens is 246 g/mol. The van der Waals surface area contributed by atoms with Gasteiger partial charge in [-0.15, -0.1) is 0 Å². The van der Waals surface area contributed by atoms with Crippen LogP contribution < -0.4 is 10.1 Å². The number of ether oxygens (including phenoxy) is 1. The molecule has 2 nitrogen and oxygen atoms in total. The summed E-state index contributed by atoms with van der Waals surface area (Å²) in [4.78, 5) is 0. The third kappa shape index (κ3) is 4.24. The van der Waals surface area contributed by atoms with Gasteiger partial charge in [-0.1, -0.05) is 32.0 Å². The molecule has 2 heteroatoms. The molecular formula is C18H29NO. The van der Waals surface area contributed by atoms with Crippen LogP contribution in [0.2, 0.25) is 0 Å². The van der Waals surface area contributed by atoms with Crippen molar-refractivity contribution in [2.24, 2.45) is 11.8 Å². The third-order valence-corrected chi connectivity index (χ3v) is 4.51. The molecule has 1 aliphatic rings. The van der Waals surface area contributed by atoms with Crippen LogP contribution in [-0.4, -0.2) is 12.1 Å². The Morgan fingerprint density at radius 1 is 1.15 bits per heavy atom. The van der Waals surface area contributed by atoms with Crippen LogP contribution in [-0.2, 0) is 6.54 Å². The zero-order valence-corrected chi connectivity index (χ0v) is 13.4. The van der Waals surface area contributed by atoms with Gasteiger partial charge in [-0.3, -0.25) is 0 Å². The zero-order chi connectivity index (χ0) is 14.5. The Bertz CT molecular complexity index is 416. The number of para-hydroxylation sites is 1. The van der Waals surface area contributed by atoms with Crippen LogP contribution in [0.5, 0.6) is 5.75 Å². The average Bonchev–Trinajstić information content (AvgIpc) is 2.41. The van der Waals surface area contributed by atoms with E-state index in [-0.39, 0.29) is 6.10 Å². The highest BCUT2D eigenvalue weighted by atomic mass is 16.5. The molecule has 1 fully saturated rings. The van der Waals surface area contributed by atoms with Crippen LogP contribution in [0.3, 0.4) is 0 Å². The smallest absolute Gasteiger partial charge is 0.124 e. The fourth-order valence-corrected chi connectivity index (χ4v) is 3.01. The van der Waals surface area contributed by atoms with Crippen molar-refractivity contribution in [3.63, 3.8) is 0 Å². The van der Waals surface area contributed by atoms with Gasteiger partial charge in [-0.25, -0.2) is 0 Å². The topological polar surface area (TPSA) is 21.3 Å². The van der Waals surface area contributed by atoms with E-state index >= 15 is 0 Å². The summed E-state index contributed by atoms with van der Waals surface area (Å²) in [5.41, 5.74) is 1.27. The number of hydrogen-bond acceptors (Lipinski definition) is 2. The van der Waals surface area contributed by atoms with E-state index in [9.17, 15) is 0 Å². The van der Waals surface area contributed by atoms with Crippen LogP contribution in [0.25, 0.3) is 0 Å². The summed E-state index contributed by atoms with van der Waals surface area (Å²) in [6.45, 7) is 9.83. The van der Waals surface area contributed by atoms with Crippen molar-refractivity contribution in [2.75, 3.05) is 0 Å². The number of rotatable bonds is 5. The van der Waals surface area contributed by atoms with Gasteiger partial charge in [-0.2, -0.15) is 0 Å². The van der Waals surface area contributed by atoms with E-state index in [2.05, 4.69) is 51.2 Å². The predicted molar refractivity (Wildman–Crippen MR) is 85.0 cm³/mol. The Kier molecular flexibility index (Phi) is 5.47. The Morgan fingerprint density at radius 2 is 1.90 bits per heavy atom. The lowest BCUT2D eigenvalue weighted by molar-refractivity contribution is 0.221. The molecule has 112 valence electrons. The average molecular weight is 275 g/mol. The summed E-state index contributed by atoms with van der Waals surface area (Å²) in [5.74, 6) is 2.74. The number of benzene rings is 1. The second-order valence-electron chi connectivity index (χ2n) is 6.62. The van der Waals surface area contributed by atoms with Gasteiger partial charge in [0.15, 0.2) is 0 Å². The van der Waals surface area contributed by atoms with Crippen LogP contribution in [0.4, 0.5) is 0 Å². The molecule has 0 amide bonds. The van der Waals surface area contributed by atoms with E-state index in [0.717, 1.165) is 24.1 Å². The molecule has 3 unspecified atom stereocenters. The van der Waals surface area contributed by atoms with Crippen LogP contribution in [0, 0.1) is 11.8 Å². The lowest BCUT2D eigenvalue weighted by atomic mass is 9.79. The molecule has 0 radical (unpaired) electrons. The number of nitrogens with one attached hydrogen (secondary N) is 1. The van der Waals surface area contributed by atoms with Gasteiger partial charge in [0, 0.05) is 18.2 Å². The summed E-state index contributed by atoms with van der Waals surface area (Å²) in [7, 11) is 0. The minimum atomic E-state index is 0.228. The van der Waals surface area contributed by atoms with Crippen molar-refractivity contribution in [3.05, 3.63) is 29.8 Å². The molecule has 2 rings (SSSR count). The van der Waals surface area contributed by atoms with E-state index in [1.54, 1.807) is 0 Å². The maximum Gasteiger partial charge on any atom is 0.124 e. The molecule has 0 heterocycles. The van der Waals surface area contributed by atoms with Crippen LogP contribution in [0.15, 0.2) is 24.3 Å². The van der Waals surface area contributed by atoms with Gasteiger partial charge in [0.05, 0.1) is 6.10 Å². The first-order valence-corrected chi connectivity index (χ1v) is 8.04. The molecule has 0 spiro atoms. The molecule has 1 saturated carbocycles. The van der Waals surface area contributed by atoms with E-state index in [1.807, 2.05) is 6.07 Å². The molecule has 0 aliphatic heterocycles. The van der Waals surface area contributed by atoms with E-state index in [4.69, 9.17) is 4.74 Å². The fourth-order valence-electron chi connectivity index (χ4n) is 3.01. The fraction of sp³-hybridized carbons (Fsp3) is 0.667. The predicted octanol–water partition coefficient (Wildman–Crippen LogP) is 4.39. The van der Waals surface area contributed by atoms with Crippen molar-refractivity contribution in [2.45, 2.75) is 65.6 Å².